The van der Waals surface area contributed by atoms with E-state index in [0.717, 1.165) is 19.5 Å². The van der Waals surface area contributed by atoms with Gasteiger partial charge in [0, 0.05) is 13.6 Å². The van der Waals surface area contributed by atoms with E-state index in [0.29, 0.717) is 17.4 Å². The van der Waals surface area contributed by atoms with E-state index in [2.05, 4.69) is 15.3 Å². The monoisotopic (exact) mass is 225 g/mol. The first-order valence-electron chi connectivity index (χ1n) is 5.21. The third-order valence-corrected chi connectivity index (χ3v) is 2.30. The van der Waals surface area contributed by atoms with E-state index in [1.54, 1.807) is 7.11 Å². The molecule has 6 nitrogen and oxygen atoms in total. The lowest BCUT2D eigenvalue weighted by Crippen LogP contribution is -2.24. The molecule has 1 heterocycles. The van der Waals surface area contributed by atoms with Crippen LogP contribution in [0, 0.1) is 0 Å². The smallest absolute Gasteiger partial charge is 0.242 e. The number of ether oxygens (including phenoxy) is 1. The average molecular weight is 225 g/mol. The fourth-order valence-corrected chi connectivity index (χ4v) is 1.44. The van der Waals surface area contributed by atoms with Crippen molar-refractivity contribution >= 4 is 11.5 Å². The highest BCUT2D eigenvalue weighted by molar-refractivity contribution is 5.67. The molecule has 0 aromatic carbocycles. The van der Waals surface area contributed by atoms with Crippen LogP contribution in [0.15, 0.2) is 6.33 Å². The predicted octanol–water partition coefficient (Wildman–Crippen LogP) is 0.113. The van der Waals surface area contributed by atoms with Crippen molar-refractivity contribution in [2.45, 2.75) is 6.42 Å². The van der Waals surface area contributed by atoms with Gasteiger partial charge < -0.3 is 20.7 Å². The Labute approximate surface area is 95.8 Å². The Morgan fingerprint density at radius 3 is 2.88 bits per heavy atom. The van der Waals surface area contributed by atoms with Crippen LogP contribution in [0.25, 0.3) is 0 Å². The molecule has 0 aliphatic carbocycles. The van der Waals surface area contributed by atoms with E-state index in [1.165, 1.54) is 6.33 Å². The molecule has 90 valence electrons. The second kappa shape index (κ2) is 6.12. The number of rotatable bonds is 6. The third-order valence-electron chi connectivity index (χ3n) is 2.30. The number of nitrogens with zero attached hydrogens (tertiary/aromatic N) is 3. The van der Waals surface area contributed by atoms with Crippen molar-refractivity contribution in [1.82, 2.24) is 15.3 Å². The predicted molar refractivity (Wildman–Crippen MR) is 64.8 cm³/mol. The standard InChI is InChI=1S/C10H19N5O/c1-12-5-4-6-15(2)9-8(11)10(16-3)14-7-13-9/h7,12H,4-6,11H2,1-3H3. The highest BCUT2D eigenvalue weighted by Gasteiger charge is 2.11. The van der Waals surface area contributed by atoms with Crippen LogP contribution in [0.5, 0.6) is 5.88 Å². The Hall–Kier alpha value is -1.56. The van der Waals surface area contributed by atoms with Gasteiger partial charge in [-0.05, 0) is 20.0 Å². The van der Waals surface area contributed by atoms with Crippen molar-refractivity contribution in [2.75, 3.05) is 44.9 Å². The molecular weight excluding hydrogens is 206 g/mol. The number of nitrogen functional groups attached to an aromatic ring is 1. The highest BCUT2D eigenvalue weighted by Crippen LogP contribution is 2.26. The summed E-state index contributed by atoms with van der Waals surface area (Å²) in [6, 6.07) is 0. The molecule has 0 atom stereocenters. The largest absolute Gasteiger partial charge is 0.479 e. The van der Waals surface area contributed by atoms with E-state index in [9.17, 15) is 0 Å². The molecule has 0 aliphatic heterocycles. The number of aromatic nitrogens is 2. The molecule has 1 aromatic rings. The number of nitrogens with one attached hydrogen (secondary N) is 1. The summed E-state index contributed by atoms with van der Waals surface area (Å²) in [7, 11) is 5.43. The second-order valence-corrected chi connectivity index (χ2v) is 3.50. The van der Waals surface area contributed by atoms with Gasteiger partial charge in [0.1, 0.15) is 12.0 Å². The van der Waals surface area contributed by atoms with Crippen LogP contribution in [0.4, 0.5) is 11.5 Å². The molecule has 0 radical (unpaired) electrons. The number of anilines is 2. The Bertz CT molecular complexity index is 331. The number of hydrogen-bond donors (Lipinski definition) is 2. The highest BCUT2D eigenvalue weighted by atomic mass is 16.5. The van der Waals surface area contributed by atoms with Crippen LogP contribution in [0.1, 0.15) is 6.42 Å². The van der Waals surface area contributed by atoms with Crippen LogP contribution in [-0.4, -0.2) is 44.3 Å². The maximum atomic E-state index is 5.89. The topological polar surface area (TPSA) is 76.3 Å². The van der Waals surface area contributed by atoms with Gasteiger partial charge in [-0.25, -0.2) is 4.98 Å². The summed E-state index contributed by atoms with van der Waals surface area (Å²) in [6.45, 7) is 1.84. The third kappa shape index (κ3) is 2.96. The van der Waals surface area contributed by atoms with Gasteiger partial charge in [0.15, 0.2) is 5.82 Å². The number of hydrogen-bond acceptors (Lipinski definition) is 6. The van der Waals surface area contributed by atoms with Crippen LogP contribution in [0.2, 0.25) is 0 Å². The van der Waals surface area contributed by atoms with Crippen molar-refractivity contribution in [1.29, 1.82) is 0 Å². The Balaban J connectivity index is 2.71. The van der Waals surface area contributed by atoms with Gasteiger partial charge in [-0.3, -0.25) is 0 Å². The van der Waals surface area contributed by atoms with Crippen molar-refractivity contribution in [2.24, 2.45) is 0 Å². The minimum Gasteiger partial charge on any atom is -0.479 e. The molecular formula is C10H19N5O. The molecule has 1 aromatic heterocycles. The maximum absolute atomic E-state index is 5.89. The van der Waals surface area contributed by atoms with E-state index >= 15 is 0 Å². The molecule has 0 bridgehead atoms. The van der Waals surface area contributed by atoms with Gasteiger partial charge >= 0.3 is 0 Å². The van der Waals surface area contributed by atoms with Gasteiger partial charge in [-0.15, -0.1) is 0 Å². The minimum absolute atomic E-state index is 0.422. The zero-order valence-corrected chi connectivity index (χ0v) is 10.0. The SMILES string of the molecule is CNCCCN(C)c1ncnc(OC)c1N. The van der Waals surface area contributed by atoms with Gasteiger partial charge in [0.25, 0.3) is 0 Å². The lowest BCUT2D eigenvalue weighted by molar-refractivity contribution is 0.399. The summed E-state index contributed by atoms with van der Waals surface area (Å²) in [6.07, 6.45) is 2.48. The van der Waals surface area contributed by atoms with Crippen molar-refractivity contribution in [3.05, 3.63) is 6.33 Å². The number of nitrogens with two attached hydrogens (primary N) is 1. The minimum atomic E-state index is 0.422. The van der Waals surface area contributed by atoms with Crippen molar-refractivity contribution in [3.63, 3.8) is 0 Å². The zero-order chi connectivity index (χ0) is 12.0. The van der Waals surface area contributed by atoms with Gasteiger partial charge in [-0.2, -0.15) is 4.98 Å². The molecule has 0 aliphatic rings. The lowest BCUT2D eigenvalue weighted by Gasteiger charge is -2.20. The molecule has 6 heteroatoms. The van der Waals surface area contributed by atoms with Gasteiger partial charge in [0.2, 0.25) is 5.88 Å². The first-order chi connectivity index (χ1) is 7.70. The van der Waals surface area contributed by atoms with Crippen molar-refractivity contribution < 1.29 is 4.74 Å². The summed E-state index contributed by atoms with van der Waals surface area (Å²) < 4.78 is 5.05. The summed E-state index contributed by atoms with van der Waals surface area (Å²) in [5.41, 5.74) is 6.37. The Kier molecular flexibility index (Phi) is 4.78. The normalized spacial score (nSPS) is 10.2. The maximum Gasteiger partial charge on any atom is 0.242 e. The second-order valence-electron chi connectivity index (χ2n) is 3.50. The van der Waals surface area contributed by atoms with Gasteiger partial charge in [0.05, 0.1) is 7.11 Å². The van der Waals surface area contributed by atoms with Crippen molar-refractivity contribution in [3.8, 4) is 5.88 Å². The first kappa shape index (κ1) is 12.5. The van der Waals surface area contributed by atoms with Crippen LogP contribution < -0.4 is 20.7 Å². The van der Waals surface area contributed by atoms with Crippen LogP contribution >= 0.6 is 0 Å². The molecule has 0 saturated heterocycles. The van der Waals surface area contributed by atoms with E-state index in [-0.39, 0.29) is 0 Å². The molecule has 0 spiro atoms. The molecule has 0 fully saturated rings. The summed E-state index contributed by atoms with van der Waals surface area (Å²) in [5, 5.41) is 3.10. The van der Waals surface area contributed by atoms with Crippen LogP contribution in [-0.2, 0) is 0 Å². The molecule has 0 amide bonds. The van der Waals surface area contributed by atoms with Gasteiger partial charge in [-0.1, -0.05) is 0 Å². The zero-order valence-electron chi connectivity index (χ0n) is 10.0. The quantitative estimate of drug-likeness (QED) is 0.669. The summed E-state index contributed by atoms with van der Waals surface area (Å²) >= 11 is 0. The van der Waals surface area contributed by atoms with E-state index in [1.807, 2.05) is 19.0 Å². The number of methoxy groups -OCH3 is 1. The first-order valence-corrected chi connectivity index (χ1v) is 5.21. The molecule has 0 unspecified atom stereocenters. The fraction of sp³-hybridized carbons (Fsp3) is 0.600. The van der Waals surface area contributed by atoms with E-state index < -0.39 is 0 Å². The molecule has 1 rings (SSSR count). The van der Waals surface area contributed by atoms with E-state index in [4.69, 9.17) is 10.5 Å². The lowest BCUT2D eigenvalue weighted by atomic mass is 10.3. The molecule has 3 N–H and O–H groups in total. The molecule has 0 saturated carbocycles. The fourth-order valence-electron chi connectivity index (χ4n) is 1.44. The summed E-state index contributed by atoms with van der Waals surface area (Å²) in [5.74, 6) is 1.13. The Morgan fingerprint density at radius 1 is 1.50 bits per heavy atom. The van der Waals surface area contributed by atoms with Crippen LogP contribution in [0.3, 0.4) is 0 Å². The molecule has 16 heavy (non-hydrogen) atoms. The average Bonchev–Trinajstić information content (AvgIpc) is 2.29. The summed E-state index contributed by atoms with van der Waals surface area (Å²) in [4.78, 5) is 10.1. The Morgan fingerprint density at radius 2 is 2.25 bits per heavy atom.